The maximum atomic E-state index is 13.5. The fourth-order valence-electron chi connectivity index (χ4n) is 2.99. The monoisotopic (exact) mass is 457 g/mol. The van der Waals surface area contributed by atoms with Crippen molar-refractivity contribution in [2.45, 2.75) is 20.0 Å². The third-order valence-corrected chi connectivity index (χ3v) is 4.56. The highest BCUT2D eigenvalue weighted by molar-refractivity contribution is 6.07. The van der Waals surface area contributed by atoms with Gasteiger partial charge in [0.2, 0.25) is 0 Å². The highest BCUT2D eigenvalue weighted by Gasteiger charge is 2.37. The van der Waals surface area contributed by atoms with E-state index < -0.39 is 28.8 Å². The van der Waals surface area contributed by atoms with Crippen molar-refractivity contribution in [3.8, 4) is 17.6 Å². The molecule has 0 saturated heterocycles. The Balaban J connectivity index is 2.55. The lowest BCUT2D eigenvalue weighted by Gasteiger charge is -2.19. The number of nitriles is 1. The molecule has 0 spiro atoms. The summed E-state index contributed by atoms with van der Waals surface area (Å²) in [5.74, 6) is -1.05. The van der Waals surface area contributed by atoms with Crippen molar-refractivity contribution < 1.29 is 27.4 Å². The van der Waals surface area contributed by atoms with Crippen molar-refractivity contribution >= 4 is 11.6 Å². The molecule has 0 atom stereocenters. The molecule has 1 amide bonds. The van der Waals surface area contributed by atoms with E-state index in [1.807, 2.05) is 6.07 Å². The first-order valence-corrected chi connectivity index (χ1v) is 9.55. The van der Waals surface area contributed by atoms with E-state index in [9.17, 15) is 18.0 Å². The topological polar surface area (TPSA) is 97.4 Å². The fourth-order valence-corrected chi connectivity index (χ4v) is 2.99. The van der Waals surface area contributed by atoms with E-state index in [1.165, 1.54) is 25.3 Å². The number of carbonyl (C=O) groups is 1. The highest BCUT2D eigenvalue weighted by Crippen LogP contribution is 2.36. The highest BCUT2D eigenvalue weighted by atomic mass is 19.4. The molecule has 0 heterocycles. The Hall–Kier alpha value is -4.19. The van der Waals surface area contributed by atoms with Crippen LogP contribution >= 0.6 is 0 Å². The van der Waals surface area contributed by atoms with Gasteiger partial charge >= 0.3 is 6.18 Å². The van der Waals surface area contributed by atoms with Gasteiger partial charge in [0.1, 0.15) is 5.76 Å². The molecule has 0 aromatic heterocycles. The number of nitrogens with one attached hydrogen (secondary N) is 1. The number of hydrogen-bond acceptors (Lipinski definition) is 5. The molecule has 2 rings (SSSR count). The zero-order chi connectivity index (χ0) is 24.8. The Labute approximate surface area is 189 Å². The lowest BCUT2D eigenvalue weighted by atomic mass is 9.99. The van der Waals surface area contributed by atoms with E-state index in [-0.39, 0.29) is 22.8 Å². The summed E-state index contributed by atoms with van der Waals surface area (Å²) in [6, 6.07) is 12.9. The summed E-state index contributed by atoms with van der Waals surface area (Å²) < 4.78 is 51.4. The van der Waals surface area contributed by atoms with Crippen molar-refractivity contribution in [2.24, 2.45) is 5.73 Å². The van der Waals surface area contributed by atoms with Crippen LogP contribution in [0.5, 0.6) is 11.5 Å². The van der Waals surface area contributed by atoms with Crippen LogP contribution in [0.2, 0.25) is 0 Å². The quantitative estimate of drug-likeness (QED) is 0.341. The van der Waals surface area contributed by atoms with Crippen LogP contribution in [-0.2, 0) is 4.79 Å². The minimum atomic E-state index is -4.82. The molecule has 0 unspecified atom stereocenters. The van der Waals surface area contributed by atoms with E-state index in [0.717, 1.165) is 12.5 Å². The predicted molar refractivity (Wildman–Crippen MR) is 118 cm³/mol. The summed E-state index contributed by atoms with van der Waals surface area (Å²) in [7, 11) is 1.33. The smallest absolute Gasteiger partial charge is 0.418 e. The maximum absolute atomic E-state index is 13.5. The number of nitrogens with zero attached hydrogens (tertiary/aromatic N) is 1. The Morgan fingerprint density at radius 3 is 2.45 bits per heavy atom. The second kappa shape index (κ2) is 10.4. The molecule has 33 heavy (non-hydrogen) atoms. The van der Waals surface area contributed by atoms with Crippen LogP contribution in [0.15, 0.2) is 77.7 Å². The zero-order valence-electron chi connectivity index (χ0n) is 18.2. The molecule has 0 bridgehead atoms. The summed E-state index contributed by atoms with van der Waals surface area (Å²) >= 11 is 0. The van der Waals surface area contributed by atoms with Crippen LogP contribution in [0.1, 0.15) is 18.1 Å². The number of methoxy groups -OCH3 is 1. The molecule has 0 aliphatic rings. The lowest BCUT2D eigenvalue weighted by Crippen LogP contribution is -2.23. The number of ether oxygens (including phenoxy) is 2. The minimum Gasteiger partial charge on any atom is -0.493 e. The number of nitrogens with two attached hydrogens (primary N) is 1. The Kier molecular flexibility index (Phi) is 7.91. The normalized spacial score (nSPS) is 12.3. The van der Waals surface area contributed by atoms with Gasteiger partial charge < -0.3 is 20.5 Å². The molecule has 6 nitrogen and oxygen atoms in total. The van der Waals surface area contributed by atoms with E-state index in [0.29, 0.717) is 11.9 Å². The molecular weight excluding hydrogens is 435 g/mol. The van der Waals surface area contributed by atoms with Crippen molar-refractivity contribution in [1.29, 1.82) is 5.26 Å². The summed E-state index contributed by atoms with van der Waals surface area (Å²) in [6.07, 6.45) is -4.44. The standard InChI is InChI=1S/C24H22F3N3O3/c1-14-6-5-7-18(10-14)30-23(31)22(15(2)19(13-29)24(25,26)27)16(3)33-20-9-8-17(12-28)11-21(20)32-4/h5-11,13H,3,29H2,1-2,4H3,(H,30,31)/b19-13+,22-15+. The summed E-state index contributed by atoms with van der Waals surface area (Å²) in [5, 5.41) is 11.6. The molecule has 0 radical (unpaired) electrons. The third kappa shape index (κ3) is 6.17. The number of carbonyl (C=O) groups excluding carboxylic acids is 1. The summed E-state index contributed by atoms with van der Waals surface area (Å²) in [5.41, 5.74) is 4.57. The van der Waals surface area contributed by atoms with E-state index >= 15 is 0 Å². The number of benzene rings is 2. The number of rotatable bonds is 7. The lowest BCUT2D eigenvalue weighted by molar-refractivity contribution is -0.112. The van der Waals surface area contributed by atoms with Gasteiger partial charge in [0.15, 0.2) is 11.5 Å². The Morgan fingerprint density at radius 1 is 1.21 bits per heavy atom. The second-order valence-electron chi connectivity index (χ2n) is 6.90. The predicted octanol–water partition coefficient (Wildman–Crippen LogP) is 5.13. The van der Waals surface area contributed by atoms with Gasteiger partial charge in [-0.2, -0.15) is 18.4 Å². The Morgan fingerprint density at radius 2 is 1.91 bits per heavy atom. The van der Waals surface area contributed by atoms with Gasteiger partial charge in [0.05, 0.1) is 29.9 Å². The number of amides is 1. The van der Waals surface area contributed by atoms with Gasteiger partial charge in [-0.25, -0.2) is 0 Å². The number of anilines is 1. The first-order chi connectivity index (χ1) is 15.5. The molecule has 0 fully saturated rings. The summed E-state index contributed by atoms with van der Waals surface area (Å²) in [4.78, 5) is 13.1. The Bertz CT molecular complexity index is 1180. The number of alkyl halides is 3. The van der Waals surface area contributed by atoms with Crippen LogP contribution in [0.4, 0.5) is 18.9 Å². The largest absolute Gasteiger partial charge is 0.493 e. The molecule has 0 saturated carbocycles. The van der Waals surface area contributed by atoms with Crippen LogP contribution < -0.4 is 20.5 Å². The SMILES string of the molecule is C=C(Oc1ccc(C#N)cc1OC)/C(C(=O)Nc1cccc(C)c1)=C(C)\C(=C/N)C(F)(F)F. The number of aryl methyl sites for hydroxylation is 1. The first kappa shape index (κ1) is 25.1. The van der Waals surface area contributed by atoms with E-state index in [2.05, 4.69) is 11.9 Å². The molecular formula is C24H22F3N3O3. The number of halogens is 3. The molecule has 3 N–H and O–H groups in total. The number of allylic oxidation sites excluding steroid dienone is 2. The van der Waals surface area contributed by atoms with Crippen molar-refractivity contribution in [3.05, 3.63) is 88.8 Å². The van der Waals surface area contributed by atoms with Crippen LogP contribution in [-0.4, -0.2) is 19.2 Å². The first-order valence-electron chi connectivity index (χ1n) is 9.55. The van der Waals surface area contributed by atoms with Gasteiger partial charge in [0.25, 0.3) is 5.91 Å². The third-order valence-electron chi connectivity index (χ3n) is 4.56. The van der Waals surface area contributed by atoms with Gasteiger partial charge in [0, 0.05) is 18.0 Å². The van der Waals surface area contributed by atoms with Crippen LogP contribution in [0.25, 0.3) is 0 Å². The van der Waals surface area contributed by atoms with Crippen LogP contribution in [0, 0.1) is 18.3 Å². The molecule has 172 valence electrons. The second-order valence-corrected chi connectivity index (χ2v) is 6.90. The van der Waals surface area contributed by atoms with Gasteiger partial charge in [-0.05, 0) is 49.2 Å². The average molecular weight is 457 g/mol. The van der Waals surface area contributed by atoms with Crippen LogP contribution in [0.3, 0.4) is 0 Å². The minimum absolute atomic E-state index is 0.0560. The molecule has 9 heteroatoms. The zero-order valence-corrected chi connectivity index (χ0v) is 18.2. The molecule has 0 aliphatic heterocycles. The average Bonchev–Trinajstić information content (AvgIpc) is 2.73. The van der Waals surface area contributed by atoms with E-state index in [1.54, 1.807) is 31.2 Å². The number of hydrogen-bond donors (Lipinski definition) is 2. The summed E-state index contributed by atoms with van der Waals surface area (Å²) in [6.45, 7) is 6.57. The molecule has 2 aromatic rings. The fraction of sp³-hybridized carbons (Fsp3) is 0.167. The van der Waals surface area contributed by atoms with Gasteiger partial charge in [-0.1, -0.05) is 18.7 Å². The molecule has 0 aliphatic carbocycles. The van der Waals surface area contributed by atoms with Crippen molar-refractivity contribution in [2.75, 3.05) is 12.4 Å². The van der Waals surface area contributed by atoms with Gasteiger partial charge in [-0.15, -0.1) is 0 Å². The van der Waals surface area contributed by atoms with E-state index in [4.69, 9.17) is 20.5 Å². The maximum Gasteiger partial charge on any atom is 0.418 e. The van der Waals surface area contributed by atoms with Gasteiger partial charge in [-0.3, -0.25) is 4.79 Å². The van der Waals surface area contributed by atoms with Crippen molar-refractivity contribution in [1.82, 2.24) is 0 Å². The molecule has 2 aromatic carbocycles. The van der Waals surface area contributed by atoms with Crippen molar-refractivity contribution in [3.63, 3.8) is 0 Å².